The van der Waals surface area contributed by atoms with Crippen molar-refractivity contribution in [3.8, 4) is 0 Å². The van der Waals surface area contributed by atoms with Gasteiger partial charge in [-0.15, -0.1) is 0 Å². The summed E-state index contributed by atoms with van der Waals surface area (Å²) in [6.07, 6.45) is 0. The highest BCUT2D eigenvalue weighted by Gasteiger charge is 2.34. The average Bonchev–Trinajstić information content (AvgIpc) is 2.51. The van der Waals surface area contributed by atoms with Crippen LogP contribution >= 0.6 is 0 Å². The number of carbonyl (C=O) groups is 3. The number of aromatic carboxylic acids is 1. The van der Waals surface area contributed by atoms with Crippen LogP contribution < -0.4 is 5.19 Å². The fourth-order valence-corrected chi connectivity index (χ4v) is 3.49. The molecule has 1 aliphatic rings. The topological polar surface area (TPSA) is 80.7 Å². The smallest absolute Gasteiger partial charge is 0.346 e. The van der Waals surface area contributed by atoms with E-state index in [0.29, 0.717) is 5.19 Å². The van der Waals surface area contributed by atoms with Crippen molar-refractivity contribution in [3.05, 3.63) is 28.8 Å². The maximum absolute atomic E-state index is 11.5. The number of cyclic esters (lactones) is 2. The number of carboxylic acids is 1. The van der Waals surface area contributed by atoms with Gasteiger partial charge in [-0.2, -0.15) is 0 Å². The molecule has 0 saturated carbocycles. The van der Waals surface area contributed by atoms with E-state index in [4.69, 9.17) is 0 Å². The highest BCUT2D eigenvalue weighted by molar-refractivity contribution is 6.89. The third kappa shape index (κ3) is 1.84. The second kappa shape index (κ2) is 3.77. The second-order valence-electron chi connectivity index (χ2n) is 5.18. The number of hydrogen-bond acceptors (Lipinski definition) is 4. The SMILES string of the molecule is C[Si](C)(C)c1cc2c(cc1C(=O)O)C(=O)OC2=O. The van der Waals surface area contributed by atoms with E-state index in [0.717, 1.165) is 0 Å². The molecule has 5 nitrogen and oxygen atoms in total. The van der Waals surface area contributed by atoms with Crippen molar-refractivity contribution < 1.29 is 24.2 Å². The van der Waals surface area contributed by atoms with E-state index in [1.807, 2.05) is 19.6 Å². The molecule has 0 radical (unpaired) electrons. The first-order valence-electron chi connectivity index (χ1n) is 5.40. The maximum Gasteiger partial charge on any atom is 0.346 e. The van der Waals surface area contributed by atoms with Gasteiger partial charge in [0, 0.05) is 0 Å². The van der Waals surface area contributed by atoms with Gasteiger partial charge >= 0.3 is 17.9 Å². The third-order valence-electron chi connectivity index (χ3n) is 2.82. The Hall–Kier alpha value is -1.95. The van der Waals surface area contributed by atoms with Crippen LogP contribution in [0.5, 0.6) is 0 Å². The number of ether oxygens (including phenoxy) is 1. The van der Waals surface area contributed by atoms with Gasteiger partial charge in [0.1, 0.15) is 0 Å². The molecule has 0 bridgehead atoms. The Morgan fingerprint density at radius 3 is 2.06 bits per heavy atom. The average molecular weight is 264 g/mol. The minimum atomic E-state index is -1.93. The molecule has 0 saturated heterocycles. The quantitative estimate of drug-likeness (QED) is 0.494. The summed E-state index contributed by atoms with van der Waals surface area (Å²) in [5, 5.41) is 9.84. The molecule has 0 fully saturated rings. The minimum absolute atomic E-state index is 0.0411. The maximum atomic E-state index is 11.5. The summed E-state index contributed by atoms with van der Waals surface area (Å²) in [6.45, 7) is 5.93. The Morgan fingerprint density at radius 2 is 1.61 bits per heavy atom. The first-order valence-corrected chi connectivity index (χ1v) is 8.90. The molecule has 0 aromatic heterocycles. The molecule has 1 aromatic rings. The van der Waals surface area contributed by atoms with E-state index in [-0.39, 0.29) is 16.7 Å². The Kier molecular flexibility index (Phi) is 2.62. The number of hydrogen-bond donors (Lipinski definition) is 1. The Bertz CT molecular complexity index is 583. The van der Waals surface area contributed by atoms with Gasteiger partial charge in [-0.1, -0.05) is 19.6 Å². The molecule has 94 valence electrons. The van der Waals surface area contributed by atoms with Crippen LogP contribution in [0, 0.1) is 0 Å². The summed E-state index contributed by atoms with van der Waals surface area (Å²) in [4.78, 5) is 34.1. The molecule has 1 aliphatic heterocycles. The van der Waals surface area contributed by atoms with E-state index < -0.39 is 26.0 Å². The Morgan fingerprint density at radius 1 is 1.11 bits per heavy atom. The molecular formula is C12H12O5Si. The molecule has 0 atom stereocenters. The normalized spacial score (nSPS) is 14.4. The van der Waals surface area contributed by atoms with Crippen LogP contribution in [0.25, 0.3) is 0 Å². The van der Waals surface area contributed by atoms with Crippen LogP contribution in [0.15, 0.2) is 12.1 Å². The molecular weight excluding hydrogens is 252 g/mol. The highest BCUT2D eigenvalue weighted by atomic mass is 28.3. The summed E-state index contributed by atoms with van der Waals surface area (Å²) in [6, 6.07) is 2.75. The standard InChI is InChI=1S/C12H12O5Si/c1-18(2,3)9-5-7-6(4-8(9)10(13)14)11(15)17-12(7)16/h4-5H,1-3H3,(H,13,14). The molecule has 2 rings (SSSR count). The summed E-state index contributed by atoms with van der Waals surface area (Å²) >= 11 is 0. The lowest BCUT2D eigenvalue weighted by Gasteiger charge is -2.19. The predicted octanol–water partition coefficient (Wildman–Crippen LogP) is 1.24. The van der Waals surface area contributed by atoms with E-state index in [2.05, 4.69) is 4.74 Å². The number of esters is 2. The molecule has 1 heterocycles. The lowest BCUT2D eigenvalue weighted by atomic mass is 10.1. The second-order valence-corrected chi connectivity index (χ2v) is 10.2. The summed E-state index contributed by atoms with van der Waals surface area (Å²) < 4.78 is 4.48. The van der Waals surface area contributed by atoms with Crippen molar-refractivity contribution in [2.75, 3.05) is 0 Å². The molecule has 1 aromatic carbocycles. The van der Waals surface area contributed by atoms with Crippen molar-refractivity contribution >= 4 is 31.2 Å². The highest BCUT2D eigenvalue weighted by Crippen LogP contribution is 2.22. The molecule has 6 heteroatoms. The number of rotatable bonds is 2. The number of fused-ring (bicyclic) bond motifs is 1. The van der Waals surface area contributed by atoms with Crippen LogP contribution in [0.4, 0.5) is 0 Å². The predicted molar refractivity (Wildman–Crippen MR) is 66.1 cm³/mol. The van der Waals surface area contributed by atoms with Crippen molar-refractivity contribution in [1.82, 2.24) is 0 Å². The zero-order chi connectivity index (χ0) is 13.7. The summed E-state index contributed by atoms with van der Waals surface area (Å²) in [5.74, 6) is -2.58. The molecule has 0 aliphatic carbocycles. The Balaban J connectivity index is 2.76. The van der Waals surface area contributed by atoms with Crippen molar-refractivity contribution in [2.24, 2.45) is 0 Å². The lowest BCUT2D eigenvalue weighted by molar-refractivity contribution is 0.0443. The van der Waals surface area contributed by atoms with E-state index in [1.165, 1.54) is 12.1 Å². The number of benzene rings is 1. The Labute approximate surface area is 104 Å². The van der Waals surface area contributed by atoms with E-state index >= 15 is 0 Å². The van der Waals surface area contributed by atoms with Gasteiger partial charge in [-0.05, 0) is 17.3 Å². The van der Waals surface area contributed by atoms with Gasteiger partial charge in [0.15, 0.2) is 0 Å². The molecule has 18 heavy (non-hydrogen) atoms. The van der Waals surface area contributed by atoms with Crippen molar-refractivity contribution in [2.45, 2.75) is 19.6 Å². The van der Waals surface area contributed by atoms with Gasteiger partial charge in [0.2, 0.25) is 0 Å². The van der Waals surface area contributed by atoms with Crippen molar-refractivity contribution in [3.63, 3.8) is 0 Å². The summed E-state index contributed by atoms with van der Waals surface area (Å²) in [7, 11) is -1.93. The van der Waals surface area contributed by atoms with Gasteiger partial charge in [0.25, 0.3) is 0 Å². The third-order valence-corrected chi connectivity index (χ3v) is 4.85. The van der Waals surface area contributed by atoms with Gasteiger partial charge in [0.05, 0.1) is 24.8 Å². The largest absolute Gasteiger partial charge is 0.478 e. The number of carboxylic acid groups (broad SMARTS) is 1. The van der Waals surface area contributed by atoms with Crippen molar-refractivity contribution in [1.29, 1.82) is 0 Å². The molecule has 0 unspecified atom stereocenters. The van der Waals surface area contributed by atoms with Crippen LogP contribution in [0.2, 0.25) is 19.6 Å². The molecule has 0 spiro atoms. The van der Waals surface area contributed by atoms with E-state index in [1.54, 1.807) is 0 Å². The van der Waals surface area contributed by atoms with Crippen LogP contribution in [-0.4, -0.2) is 31.1 Å². The monoisotopic (exact) mass is 264 g/mol. The van der Waals surface area contributed by atoms with Crippen LogP contribution in [-0.2, 0) is 4.74 Å². The fraction of sp³-hybridized carbons (Fsp3) is 0.250. The first-order chi connectivity index (χ1) is 8.21. The fourth-order valence-electron chi connectivity index (χ4n) is 1.93. The molecule has 0 amide bonds. The zero-order valence-electron chi connectivity index (χ0n) is 10.2. The minimum Gasteiger partial charge on any atom is -0.478 e. The summed E-state index contributed by atoms with van der Waals surface area (Å²) in [5.41, 5.74) is 0.293. The van der Waals surface area contributed by atoms with Gasteiger partial charge < -0.3 is 9.84 Å². The van der Waals surface area contributed by atoms with Gasteiger partial charge in [-0.25, -0.2) is 14.4 Å². The van der Waals surface area contributed by atoms with Crippen LogP contribution in [0.1, 0.15) is 31.1 Å². The van der Waals surface area contributed by atoms with E-state index in [9.17, 15) is 19.5 Å². The number of carbonyl (C=O) groups excluding carboxylic acids is 2. The lowest BCUT2D eigenvalue weighted by Crippen LogP contribution is -2.42. The zero-order valence-corrected chi connectivity index (χ0v) is 11.2. The first kappa shape index (κ1) is 12.5. The molecule has 1 N–H and O–H groups in total. The van der Waals surface area contributed by atoms with Crippen LogP contribution in [0.3, 0.4) is 0 Å². The van der Waals surface area contributed by atoms with Gasteiger partial charge in [-0.3, -0.25) is 0 Å².